The predicted octanol–water partition coefficient (Wildman–Crippen LogP) is 6.63. The van der Waals surface area contributed by atoms with Gasteiger partial charge in [-0.1, -0.05) is 59.9 Å². The second kappa shape index (κ2) is 9.84. The molecule has 0 aliphatic carbocycles. The highest BCUT2D eigenvalue weighted by Gasteiger charge is 2.37. The normalized spacial score (nSPS) is 18.3. The predicted molar refractivity (Wildman–Crippen MR) is 136 cm³/mol. The molecule has 34 heavy (non-hydrogen) atoms. The molecule has 10 heteroatoms. The minimum Gasteiger partial charge on any atom is -0.256 e. The Hall–Kier alpha value is -2.16. The lowest BCUT2D eigenvalue weighted by molar-refractivity contribution is 0.576. The van der Waals surface area contributed by atoms with Crippen molar-refractivity contribution in [3.05, 3.63) is 92.7 Å². The lowest BCUT2D eigenvalue weighted by Crippen LogP contribution is -2.32. The van der Waals surface area contributed by atoms with Crippen LogP contribution in [0.4, 0.5) is 10.1 Å². The van der Waals surface area contributed by atoms with Crippen LogP contribution in [0.3, 0.4) is 0 Å². The van der Waals surface area contributed by atoms with E-state index in [-0.39, 0.29) is 23.4 Å². The summed E-state index contributed by atoms with van der Waals surface area (Å²) < 4.78 is 42.1. The molecule has 1 aliphatic heterocycles. The average Bonchev–Trinajstić information content (AvgIpc) is 3.10. The molecule has 0 unspecified atom stereocenters. The molecular formula is C24H21Cl3FN3O2S. The summed E-state index contributed by atoms with van der Waals surface area (Å²) >= 11 is 18.6. The minimum atomic E-state index is -3.96. The van der Waals surface area contributed by atoms with Gasteiger partial charge in [0, 0.05) is 16.0 Å². The molecule has 0 saturated carbocycles. The van der Waals surface area contributed by atoms with Crippen molar-refractivity contribution in [2.24, 2.45) is 11.0 Å². The summed E-state index contributed by atoms with van der Waals surface area (Å²) in [6.45, 7) is 3.53. The summed E-state index contributed by atoms with van der Waals surface area (Å²) in [5.74, 6) is -0.798. The molecule has 178 valence electrons. The van der Waals surface area contributed by atoms with E-state index in [0.29, 0.717) is 32.0 Å². The van der Waals surface area contributed by atoms with Crippen LogP contribution in [0.15, 0.2) is 70.7 Å². The Labute approximate surface area is 213 Å². The van der Waals surface area contributed by atoms with Crippen LogP contribution in [0.2, 0.25) is 15.1 Å². The molecule has 3 aromatic rings. The summed E-state index contributed by atoms with van der Waals surface area (Å²) in [6.07, 6.45) is 0. The van der Waals surface area contributed by atoms with Gasteiger partial charge in [-0.15, -0.1) is 0 Å². The number of hydrazone groups is 1. The average molecular weight is 541 g/mol. The fraction of sp³-hybridized carbons (Fsp3) is 0.208. The van der Waals surface area contributed by atoms with Crippen LogP contribution in [-0.2, 0) is 10.0 Å². The van der Waals surface area contributed by atoms with E-state index in [2.05, 4.69) is 4.72 Å². The largest absolute Gasteiger partial charge is 0.256 e. The van der Waals surface area contributed by atoms with Crippen molar-refractivity contribution in [2.75, 3.05) is 11.6 Å². The molecule has 3 aromatic carbocycles. The SMILES string of the molecule is Cc1ccc(F)cc1S(=O)(=O)NCC1=NN(c2ccc(Cl)cc2Cl)[C@@H](c2ccc(Cl)cc2)[C@H]1C. The molecule has 2 atom stereocenters. The number of hydrogen-bond donors (Lipinski definition) is 1. The second-order valence-electron chi connectivity index (χ2n) is 8.05. The van der Waals surface area contributed by atoms with Gasteiger partial charge in [-0.3, -0.25) is 5.01 Å². The van der Waals surface area contributed by atoms with Gasteiger partial charge in [-0.2, -0.15) is 5.10 Å². The van der Waals surface area contributed by atoms with Gasteiger partial charge in [-0.05, 0) is 60.5 Å². The van der Waals surface area contributed by atoms with Gasteiger partial charge in [0.05, 0.1) is 33.9 Å². The topological polar surface area (TPSA) is 61.8 Å². The Bertz CT molecular complexity index is 1360. The Balaban J connectivity index is 1.68. The van der Waals surface area contributed by atoms with Crippen LogP contribution in [0.25, 0.3) is 0 Å². The summed E-state index contributed by atoms with van der Waals surface area (Å²) in [4.78, 5) is -0.106. The van der Waals surface area contributed by atoms with Gasteiger partial charge in [0.1, 0.15) is 5.82 Å². The van der Waals surface area contributed by atoms with Crippen LogP contribution in [0.5, 0.6) is 0 Å². The number of aryl methyl sites for hydroxylation is 1. The quantitative estimate of drug-likeness (QED) is 0.382. The van der Waals surface area contributed by atoms with E-state index in [1.807, 2.05) is 19.1 Å². The standard InChI is InChI=1S/C24H21Cl3FN3O2S/c1-14-3-9-19(28)12-23(14)34(32,33)29-13-21-15(2)24(16-4-6-17(25)7-5-16)31(30-21)22-10-8-18(26)11-20(22)27/h3-12,15,24,29H,13H2,1-2H3/t15-,24+/m0/s1. The molecule has 0 amide bonds. The zero-order valence-electron chi connectivity index (χ0n) is 18.3. The molecule has 0 radical (unpaired) electrons. The van der Waals surface area contributed by atoms with E-state index in [0.717, 1.165) is 11.6 Å². The highest BCUT2D eigenvalue weighted by molar-refractivity contribution is 7.89. The summed E-state index contributed by atoms with van der Waals surface area (Å²) in [5.41, 5.74) is 2.62. The van der Waals surface area contributed by atoms with Crippen molar-refractivity contribution >= 4 is 56.2 Å². The molecule has 1 aliphatic rings. The van der Waals surface area contributed by atoms with Crippen LogP contribution in [0.1, 0.15) is 24.1 Å². The summed E-state index contributed by atoms with van der Waals surface area (Å²) in [5, 5.41) is 8.01. The first-order valence-corrected chi connectivity index (χ1v) is 13.0. The van der Waals surface area contributed by atoms with Crippen molar-refractivity contribution in [1.82, 2.24) is 4.72 Å². The number of benzene rings is 3. The number of halogens is 4. The molecule has 5 nitrogen and oxygen atoms in total. The van der Waals surface area contributed by atoms with Gasteiger partial charge < -0.3 is 0 Å². The maximum atomic E-state index is 13.7. The summed E-state index contributed by atoms with van der Waals surface area (Å²) in [6, 6.07) is 15.9. The Morgan fingerprint density at radius 3 is 2.35 bits per heavy atom. The number of nitrogens with zero attached hydrogens (tertiary/aromatic N) is 2. The summed E-state index contributed by atoms with van der Waals surface area (Å²) in [7, 11) is -3.96. The van der Waals surface area contributed by atoms with Crippen molar-refractivity contribution in [3.8, 4) is 0 Å². The lowest BCUT2D eigenvalue weighted by Gasteiger charge is -2.28. The van der Waals surface area contributed by atoms with Gasteiger partial charge >= 0.3 is 0 Å². The molecule has 0 spiro atoms. The molecule has 0 fully saturated rings. The number of sulfonamides is 1. The maximum absolute atomic E-state index is 13.7. The van der Waals surface area contributed by atoms with Gasteiger partial charge in [0.25, 0.3) is 0 Å². The van der Waals surface area contributed by atoms with Gasteiger partial charge in [0.2, 0.25) is 10.0 Å². The Morgan fingerprint density at radius 1 is 1.00 bits per heavy atom. The van der Waals surface area contributed by atoms with E-state index in [4.69, 9.17) is 39.9 Å². The van der Waals surface area contributed by atoms with E-state index < -0.39 is 15.8 Å². The van der Waals surface area contributed by atoms with Crippen LogP contribution < -0.4 is 9.73 Å². The van der Waals surface area contributed by atoms with E-state index >= 15 is 0 Å². The third-order valence-corrected chi connectivity index (χ3v) is 8.08. The van der Waals surface area contributed by atoms with E-state index in [9.17, 15) is 12.8 Å². The maximum Gasteiger partial charge on any atom is 0.241 e. The van der Waals surface area contributed by atoms with Crippen molar-refractivity contribution in [2.45, 2.75) is 24.8 Å². The molecule has 1 N–H and O–H groups in total. The molecular weight excluding hydrogens is 520 g/mol. The third kappa shape index (κ3) is 5.09. The highest BCUT2D eigenvalue weighted by Crippen LogP contribution is 2.42. The first-order valence-electron chi connectivity index (χ1n) is 10.4. The van der Waals surface area contributed by atoms with Crippen molar-refractivity contribution in [3.63, 3.8) is 0 Å². The first-order chi connectivity index (χ1) is 16.1. The minimum absolute atomic E-state index is 0.0503. The van der Waals surface area contributed by atoms with E-state index in [1.54, 1.807) is 42.3 Å². The Morgan fingerprint density at radius 2 is 1.68 bits per heavy atom. The van der Waals surface area contributed by atoms with Gasteiger partial charge in [0.15, 0.2) is 0 Å². The smallest absolute Gasteiger partial charge is 0.241 e. The molecule has 0 saturated heterocycles. The number of hydrogen-bond acceptors (Lipinski definition) is 4. The fourth-order valence-corrected chi connectivity index (χ4v) is 5.83. The first kappa shape index (κ1) is 24.9. The van der Waals surface area contributed by atoms with Crippen molar-refractivity contribution < 1.29 is 12.8 Å². The van der Waals surface area contributed by atoms with Crippen LogP contribution in [-0.4, -0.2) is 20.7 Å². The van der Waals surface area contributed by atoms with Gasteiger partial charge in [-0.25, -0.2) is 17.5 Å². The monoisotopic (exact) mass is 539 g/mol. The third-order valence-electron chi connectivity index (χ3n) is 5.75. The molecule has 0 aromatic heterocycles. The van der Waals surface area contributed by atoms with Crippen LogP contribution >= 0.6 is 34.8 Å². The molecule has 4 rings (SSSR count). The van der Waals surface area contributed by atoms with E-state index in [1.165, 1.54) is 12.1 Å². The van der Waals surface area contributed by atoms with Crippen molar-refractivity contribution in [1.29, 1.82) is 0 Å². The fourth-order valence-electron chi connectivity index (χ4n) is 3.95. The zero-order chi connectivity index (χ0) is 24.6. The number of nitrogens with one attached hydrogen (secondary N) is 1. The number of rotatable bonds is 6. The van der Waals surface area contributed by atoms with Crippen LogP contribution in [0, 0.1) is 18.7 Å². The highest BCUT2D eigenvalue weighted by atomic mass is 35.5. The molecule has 0 bridgehead atoms. The number of anilines is 1. The zero-order valence-corrected chi connectivity index (χ0v) is 21.4. The Kier molecular flexibility index (Phi) is 7.22. The second-order valence-corrected chi connectivity index (χ2v) is 11.1. The lowest BCUT2D eigenvalue weighted by atomic mass is 9.91. The molecule has 1 heterocycles.